The first-order valence-electron chi connectivity index (χ1n) is 6.32. The Bertz CT molecular complexity index is 583. The molecule has 21 heavy (non-hydrogen) atoms. The van der Waals surface area contributed by atoms with E-state index in [9.17, 15) is 9.59 Å². The van der Waals surface area contributed by atoms with Gasteiger partial charge in [0, 0.05) is 10.2 Å². The van der Waals surface area contributed by atoms with Crippen LogP contribution in [0.1, 0.15) is 11.6 Å². The van der Waals surface area contributed by atoms with E-state index in [1.165, 1.54) is 6.08 Å². The molecule has 6 heteroatoms. The van der Waals surface area contributed by atoms with Gasteiger partial charge in [0.25, 0.3) is 0 Å². The minimum Gasteiger partial charge on any atom is -0.461 e. The van der Waals surface area contributed by atoms with E-state index in [-0.39, 0.29) is 12.6 Å². The molecule has 5 nitrogen and oxygen atoms in total. The Morgan fingerprint density at radius 1 is 1.38 bits per heavy atom. The van der Waals surface area contributed by atoms with Crippen LogP contribution in [0.5, 0.6) is 0 Å². The third-order valence-corrected chi connectivity index (χ3v) is 3.62. The van der Waals surface area contributed by atoms with Crippen LogP contribution in [0.25, 0.3) is 0 Å². The maximum atomic E-state index is 12.2. The zero-order valence-corrected chi connectivity index (χ0v) is 12.9. The summed E-state index contributed by atoms with van der Waals surface area (Å²) < 4.78 is 6.01. The zero-order chi connectivity index (χ0) is 15.4. The Balaban J connectivity index is 2.30. The summed E-state index contributed by atoms with van der Waals surface area (Å²) in [5.41, 5.74) is 1.12. The van der Waals surface area contributed by atoms with Crippen LogP contribution in [-0.4, -0.2) is 18.6 Å². The average molecular weight is 351 g/mol. The van der Waals surface area contributed by atoms with E-state index < -0.39 is 17.9 Å². The van der Waals surface area contributed by atoms with Gasteiger partial charge in [0.1, 0.15) is 12.5 Å². The molecule has 0 bridgehead atoms. The summed E-state index contributed by atoms with van der Waals surface area (Å²) >= 11 is 3.35. The lowest BCUT2D eigenvalue weighted by Gasteiger charge is -2.33. The number of nitrogens with one attached hydrogen (secondary N) is 2. The number of carbonyl (C=O) groups is 2. The molecule has 2 rings (SSSR count). The summed E-state index contributed by atoms with van der Waals surface area (Å²) in [6, 6.07) is 6.46. The molecule has 110 valence electrons. The molecule has 0 radical (unpaired) electrons. The second-order valence-corrected chi connectivity index (χ2v) is 5.46. The molecule has 2 amide bonds. The topological polar surface area (TPSA) is 67.4 Å². The van der Waals surface area contributed by atoms with Crippen molar-refractivity contribution in [3.05, 3.63) is 59.2 Å². The van der Waals surface area contributed by atoms with Crippen molar-refractivity contribution in [3.8, 4) is 0 Å². The van der Waals surface area contributed by atoms with Crippen LogP contribution in [0.4, 0.5) is 4.79 Å². The molecular formula is C15H15BrN2O3. The summed E-state index contributed by atoms with van der Waals surface area (Å²) in [5.74, 6) is -1.15. The lowest BCUT2D eigenvalue weighted by atomic mass is 9.89. The number of carbonyl (C=O) groups excluding carboxylic acids is 2. The first-order valence-corrected chi connectivity index (χ1v) is 7.11. The number of hydrogen-bond donors (Lipinski definition) is 2. The second-order valence-electron chi connectivity index (χ2n) is 4.55. The van der Waals surface area contributed by atoms with E-state index in [0.717, 1.165) is 10.0 Å². The van der Waals surface area contributed by atoms with Crippen molar-refractivity contribution in [2.75, 3.05) is 6.61 Å². The van der Waals surface area contributed by atoms with Crippen LogP contribution in [-0.2, 0) is 9.53 Å². The molecule has 1 fully saturated rings. The van der Waals surface area contributed by atoms with Crippen molar-refractivity contribution >= 4 is 27.9 Å². The van der Waals surface area contributed by atoms with Gasteiger partial charge in [-0.15, -0.1) is 0 Å². The molecule has 0 spiro atoms. The number of halogens is 1. The van der Waals surface area contributed by atoms with Crippen molar-refractivity contribution in [1.29, 1.82) is 0 Å². The largest absolute Gasteiger partial charge is 0.461 e. The van der Waals surface area contributed by atoms with Crippen LogP contribution in [0.2, 0.25) is 0 Å². The van der Waals surface area contributed by atoms with Gasteiger partial charge >= 0.3 is 12.0 Å². The van der Waals surface area contributed by atoms with E-state index in [1.54, 1.807) is 0 Å². The first-order chi connectivity index (χ1) is 10.0. The van der Waals surface area contributed by atoms with Gasteiger partial charge in [0.15, 0.2) is 0 Å². The molecule has 0 aliphatic carbocycles. The maximum absolute atomic E-state index is 12.2. The minimum absolute atomic E-state index is 0.115. The summed E-state index contributed by atoms with van der Waals surface area (Å²) in [7, 11) is 0. The average Bonchev–Trinajstić information content (AvgIpc) is 2.44. The first kappa shape index (κ1) is 15.3. The van der Waals surface area contributed by atoms with Gasteiger partial charge in [-0.05, 0) is 17.7 Å². The highest BCUT2D eigenvalue weighted by molar-refractivity contribution is 9.10. The molecule has 2 N–H and O–H groups in total. The Labute approximate surface area is 131 Å². The molecule has 1 aliphatic rings. The van der Waals surface area contributed by atoms with Gasteiger partial charge in [-0.25, -0.2) is 4.79 Å². The molecule has 2 atom stereocenters. The maximum Gasteiger partial charge on any atom is 0.319 e. The number of esters is 1. The molecule has 1 aliphatic heterocycles. The van der Waals surface area contributed by atoms with Gasteiger partial charge in [0.2, 0.25) is 0 Å². The Morgan fingerprint density at radius 2 is 2.05 bits per heavy atom. The van der Waals surface area contributed by atoms with Crippen LogP contribution < -0.4 is 10.6 Å². The van der Waals surface area contributed by atoms with E-state index >= 15 is 0 Å². The van der Waals surface area contributed by atoms with E-state index in [4.69, 9.17) is 4.74 Å². The van der Waals surface area contributed by atoms with Gasteiger partial charge in [-0.2, -0.15) is 0 Å². The molecule has 1 aromatic carbocycles. The number of hydrogen-bond acceptors (Lipinski definition) is 3. The molecule has 0 saturated carbocycles. The van der Waals surface area contributed by atoms with Crippen molar-refractivity contribution in [2.45, 2.75) is 6.04 Å². The Morgan fingerprint density at radius 3 is 2.67 bits per heavy atom. The quantitative estimate of drug-likeness (QED) is 0.647. The second kappa shape index (κ2) is 6.58. The van der Waals surface area contributed by atoms with Crippen LogP contribution in [0.15, 0.2) is 53.7 Å². The summed E-state index contributed by atoms with van der Waals surface area (Å²) in [5, 5.41) is 5.25. The van der Waals surface area contributed by atoms with E-state index in [0.29, 0.717) is 5.70 Å². The van der Waals surface area contributed by atoms with Crippen LogP contribution in [0, 0.1) is 5.92 Å². The Kier molecular flexibility index (Phi) is 4.80. The lowest BCUT2D eigenvalue weighted by molar-refractivity contribution is -0.147. The van der Waals surface area contributed by atoms with Gasteiger partial charge in [0.05, 0.1) is 6.04 Å². The van der Waals surface area contributed by atoms with Crippen molar-refractivity contribution in [1.82, 2.24) is 10.6 Å². The predicted molar refractivity (Wildman–Crippen MR) is 82.3 cm³/mol. The smallest absolute Gasteiger partial charge is 0.319 e. The van der Waals surface area contributed by atoms with E-state index in [1.807, 2.05) is 24.3 Å². The Hall–Kier alpha value is -2.08. The van der Waals surface area contributed by atoms with E-state index in [2.05, 4.69) is 39.7 Å². The van der Waals surface area contributed by atoms with Gasteiger partial charge < -0.3 is 15.4 Å². The van der Waals surface area contributed by atoms with Crippen LogP contribution in [0.3, 0.4) is 0 Å². The summed E-state index contributed by atoms with van der Waals surface area (Å²) in [6.45, 7) is 7.38. The number of benzene rings is 1. The highest BCUT2D eigenvalue weighted by Gasteiger charge is 2.38. The summed E-state index contributed by atoms with van der Waals surface area (Å²) in [6.07, 6.45) is 1.49. The molecule has 0 unspecified atom stereocenters. The fourth-order valence-electron chi connectivity index (χ4n) is 2.14. The molecule has 1 saturated heterocycles. The fraction of sp³-hybridized carbons (Fsp3) is 0.200. The van der Waals surface area contributed by atoms with Crippen molar-refractivity contribution in [2.24, 2.45) is 5.92 Å². The molecule has 0 aromatic heterocycles. The fourth-order valence-corrected chi connectivity index (χ4v) is 2.40. The van der Waals surface area contributed by atoms with Gasteiger partial charge in [-0.3, -0.25) is 4.79 Å². The minimum atomic E-state index is -0.691. The highest BCUT2D eigenvalue weighted by atomic mass is 79.9. The normalized spacial score (nSPS) is 21.2. The van der Waals surface area contributed by atoms with Gasteiger partial charge in [-0.1, -0.05) is 47.3 Å². The molecular weight excluding hydrogens is 336 g/mol. The zero-order valence-electron chi connectivity index (χ0n) is 11.3. The molecule has 1 aromatic rings. The monoisotopic (exact) mass is 350 g/mol. The van der Waals surface area contributed by atoms with Crippen molar-refractivity contribution < 1.29 is 14.3 Å². The summed E-state index contributed by atoms with van der Waals surface area (Å²) in [4.78, 5) is 23.8. The number of ether oxygens (including phenoxy) is 1. The lowest BCUT2D eigenvalue weighted by Crippen LogP contribution is -2.51. The number of amides is 2. The SMILES string of the molecule is C=CCOC(=O)[C@@H]1C(=C)NC(=O)N[C@@H]1c1ccc(Br)cc1. The third-order valence-electron chi connectivity index (χ3n) is 3.10. The predicted octanol–water partition coefficient (Wildman–Crippen LogP) is 2.66. The van der Waals surface area contributed by atoms with Crippen LogP contribution >= 0.6 is 15.9 Å². The van der Waals surface area contributed by atoms with Crippen molar-refractivity contribution in [3.63, 3.8) is 0 Å². The standard InChI is InChI=1S/C15H15BrN2O3/c1-3-8-21-14(19)12-9(2)17-15(20)18-13(12)10-4-6-11(16)7-5-10/h3-7,12-13H,1-2,8H2,(H2,17,18,20)/t12-,13-/m1/s1. The number of rotatable bonds is 4. The number of urea groups is 1. The highest BCUT2D eigenvalue weighted by Crippen LogP contribution is 2.31. The molecule has 1 heterocycles. The third kappa shape index (κ3) is 3.52.